The van der Waals surface area contributed by atoms with Gasteiger partial charge in [0.1, 0.15) is 5.54 Å². The minimum absolute atomic E-state index is 0.0834. The maximum Gasteiger partial charge on any atom is 0.325 e. The van der Waals surface area contributed by atoms with Crippen molar-refractivity contribution in [2.75, 3.05) is 13.1 Å². The molecule has 8 nitrogen and oxygen atoms in total. The summed E-state index contributed by atoms with van der Waals surface area (Å²) >= 11 is 0. The molecule has 0 aliphatic carbocycles. The Hall–Kier alpha value is -1.96. The van der Waals surface area contributed by atoms with Crippen LogP contribution in [0, 0.1) is 0 Å². The lowest BCUT2D eigenvalue weighted by Crippen LogP contribution is -2.49. The van der Waals surface area contributed by atoms with E-state index in [1.807, 2.05) is 27.7 Å². The van der Waals surface area contributed by atoms with Gasteiger partial charge in [0.25, 0.3) is 5.91 Å². The third kappa shape index (κ3) is 2.50. The zero-order valence-corrected chi connectivity index (χ0v) is 14.0. The molecular weight excluding hydrogens is 298 g/mol. The fraction of sp³-hybridized carbons (Fsp3) is 0.733. The van der Waals surface area contributed by atoms with E-state index in [-0.39, 0.29) is 24.0 Å². The third-order valence-electron chi connectivity index (χ3n) is 4.71. The van der Waals surface area contributed by atoms with Gasteiger partial charge in [-0.05, 0) is 27.2 Å². The van der Waals surface area contributed by atoms with Crippen LogP contribution in [0.25, 0.3) is 0 Å². The van der Waals surface area contributed by atoms with Crippen molar-refractivity contribution in [2.45, 2.75) is 58.2 Å². The van der Waals surface area contributed by atoms with E-state index in [0.717, 1.165) is 6.42 Å². The van der Waals surface area contributed by atoms with Gasteiger partial charge >= 0.3 is 6.03 Å². The summed E-state index contributed by atoms with van der Waals surface area (Å²) < 4.78 is 5.30. The first-order chi connectivity index (χ1) is 10.9. The van der Waals surface area contributed by atoms with Gasteiger partial charge in [-0.3, -0.25) is 14.6 Å². The maximum atomic E-state index is 12.7. The summed E-state index contributed by atoms with van der Waals surface area (Å²) in [6, 6.07) is -0.526. The predicted octanol–water partition coefficient (Wildman–Crippen LogP) is 1.10. The lowest BCUT2D eigenvalue weighted by Gasteiger charge is -2.25. The standard InChI is InChI=1S/C15H23N5O3/c1-5-11-16-12(23-18-11)10(4)19-7-6-15(8-19)13(21)20(9(2)3)14(22)17-15/h9-10H,5-8H2,1-4H3,(H,17,22)/t10-,15-/m1/s1. The Labute approximate surface area is 135 Å². The molecule has 1 aromatic heterocycles. The number of aromatic nitrogens is 2. The number of urea groups is 1. The maximum absolute atomic E-state index is 12.7. The van der Waals surface area contributed by atoms with Gasteiger partial charge in [-0.15, -0.1) is 0 Å². The largest absolute Gasteiger partial charge is 0.338 e. The summed E-state index contributed by atoms with van der Waals surface area (Å²) in [4.78, 5) is 32.6. The highest BCUT2D eigenvalue weighted by Crippen LogP contribution is 2.34. The molecule has 2 atom stereocenters. The molecule has 126 valence electrons. The minimum atomic E-state index is -0.816. The van der Waals surface area contributed by atoms with Crippen LogP contribution >= 0.6 is 0 Å². The summed E-state index contributed by atoms with van der Waals surface area (Å²) in [5.41, 5.74) is -0.816. The van der Waals surface area contributed by atoms with E-state index in [9.17, 15) is 9.59 Å². The Morgan fingerprint density at radius 3 is 2.65 bits per heavy atom. The lowest BCUT2D eigenvalue weighted by molar-refractivity contribution is -0.132. The van der Waals surface area contributed by atoms with E-state index in [0.29, 0.717) is 31.2 Å². The molecule has 8 heteroatoms. The molecule has 0 radical (unpaired) electrons. The number of carbonyl (C=O) groups excluding carboxylic acids is 2. The highest BCUT2D eigenvalue weighted by molar-refractivity contribution is 6.07. The van der Waals surface area contributed by atoms with Crippen molar-refractivity contribution in [2.24, 2.45) is 0 Å². The SMILES string of the molecule is CCc1noc([C@@H](C)N2CC[C@]3(C2)NC(=O)N(C(C)C)C3=O)n1. The third-order valence-corrected chi connectivity index (χ3v) is 4.71. The van der Waals surface area contributed by atoms with Gasteiger partial charge in [-0.1, -0.05) is 12.1 Å². The highest BCUT2D eigenvalue weighted by atomic mass is 16.5. The summed E-state index contributed by atoms with van der Waals surface area (Å²) in [7, 11) is 0. The number of likely N-dealkylation sites (tertiary alicyclic amines) is 1. The smallest absolute Gasteiger partial charge is 0.325 e. The second-order valence-electron chi connectivity index (χ2n) is 6.58. The average molecular weight is 321 g/mol. The Balaban J connectivity index is 1.75. The second kappa shape index (κ2) is 5.59. The van der Waals surface area contributed by atoms with Crippen molar-refractivity contribution in [1.29, 1.82) is 0 Å². The van der Waals surface area contributed by atoms with Crippen molar-refractivity contribution in [3.8, 4) is 0 Å². The quantitative estimate of drug-likeness (QED) is 0.835. The van der Waals surface area contributed by atoms with Crippen LogP contribution in [0.5, 0.6) is 0 Å². The molecule has 2 aliphatic rings. The van der Waals surface area contributed by atoms with Crippen molar-refractivity contribution >= 4 is 11.9 Å². The summed E-state index contributed by atoms with van der Waals surface area (Å²) in [6.07, 6.45) is 1.32. The topological polar surface area (TPSA) is 91.6 Å². The molecule has 0 aromatic carbocycles. The Bertz CT molecular complexity index is 628. The van der Waals surface area contributed by atoms with E-state index in [1.165, 1.54) is 4.90 Å². The van der Waals surface area contributed by atoms with Crippen molar-refractivity contribution in [3.05, 3.63) is 11.7 Å². The number of nitrogens with zero attached hydrogens (tertiary/aromatic N) is 4. The first kappa shape index (κ1) is 15.9. The van der Waals surface area contributed by atoms with Crippen molar-refractivity contribution in [1.82, 2.24) is 25.3 Å². The Morgan fingerprint density at radius 1 is 1.35 bits per heavy atom. The van der Waals surface area contributed by atoms with Crippen LogP contribution in [0.15, 0.2) is 4.52 Å². The first-order valence-corrected chi connectivity index (χ1v) is 8.10. The van der Waals surface area contributed by atoms with E-state index in [1.54, 1.807) is 0 Å². The molecule has 1 spiro atoms. The van der Waals surface area contributed by atoms with Crippen LogP contribution in [0.1, 0.15) is 51.9 Å². The zero-order valence-electron chi connectivity index (χ0n) is 14.0. The van der Waals surface area contributed by atoms with Crippen LogP contribution < -0.4 is 5.32 Å². The number of hydrogen-bond acceptors (Lipinski definition) is 6. The Morgan fingerprint density at radius 2 is 2.09 bits per heavy atom. The predicted molar refractivity (Wildman–Crippen MR) is 81.5 cm³/mol. The number of nitrogens with one attached hydrogen (secondary N) is 1. The normalized spacial score (nSPS) is 26.6. The number of imide groups is 1. The van der Waals surface area contributed by atoms with Crippen LogP contribution in [0.4, 0.5) is 4.79 Å². The molecule has 2 fully saturated rings. The fourth-order valence-corrected chi connectivity index (χ4v) is 3.29. The van der Waals surface area contributed by atoms with Crippen LogP contribution in [-0.4, -0.2) is 56.5 Å². The van der Waals surface area contributed by atoms with E-state index in [4.69, 9.17) is 4.52 Å². The minimum Gasteiger partial charge on any atom is -0.338 e. The van der Waals surface area contributed by atoms with E-state index < -0.39 is 5.54 Å². The molecule has 2 aliphatic heterocycles. The molecule has 1 aromatic rings. The average Bonchev–Trinajstić information content (AvgIpc) is 3.18. The van der Waals surface area contributed by atoms with Gasteiger partial charge in [-0.2, -0.15) is 4.98 Å². The summed E-state index contributed by atoms with van der Waals surface area (Å²) in [6.45, 7) is 8.80. The number of aryl methyl sites for hydroxylation is 1. The lowest BCUT2D eigenvalue weighted by atomic mass is 9.98. The summed E-state index contributed by atoms with van der Waals surface area (Å²) in [5, 5.41) is 6.81. The molecule has 0 saturated carbocycles. The van der Waals surface area contributed by atoms with Crippen LogP contribution in [0.2, 0.25) is 0 Å². The highest BCUT2D eigenvalue weighted by Gasteiger charge is 2.56. The summed E-state index contributed by atoms with van der Waals surface area (Å²) in [5.74, 6) is 1.10. The van der Waals surface area contributed by atoms with E-state index >= 15 is 0 Å². The molecule has 3 heterocycles. The monoisotopic (exact) mass is 321 g/mol. The molecule has 0 unspecified atom stereocenters. The molecule has 1 N–H and O–H groups in total. The van der Waals surface area contributed by atoms with Gasteiger partial charge in [0.2, 0.25) is 5.89 Å². The molecular formula is C15H23N5O3. The van der Waals surface area contributed by atoms with Crippen LogP contribution in [0.3, 0.4) is 0 Å². The fourth-order valence-electron chi connectivity index (χ4n) is 3.29. The first-order valence-electron chi connectivity index (χ1n) is 8.10. The Kier molecular flexibility index (Phi) is 3.87. The molecule has 3 amide bonds. The van der Waals surface area contributed by atoms with Crippen molar-refractivity contribution in [3.63, 3.8) is 0 Å². The van der Waals surface area contributed by atoms with Gasteiger partial charge in [0.05, 0.1) is 6.04 Å². The van der Waals surface area contributed by atoms with E-state index in [2.05, 4.69) is 20.4 Å². The van der Waals surface area contributed by atoms with Crippen molar-refractivity contribution < 1.29 is 14.1 Å². The molecule has 2 saturated heterocycles. The van der Waals surface area contributed by atoms with Gasteiger partial charge in [0, 0.05) is 25.6 Å². The molecule has 0 bridgehead atoms. The number of rotatable bonds is 4. The van der Waals surface area contributed by atoms with Gasteiger partial charge in [0.15, 0.2) is 5.82 Å². The van der Waals surface area contributed by atoms with Gasteiger partial charge in [-0.25, -0.2) is 4.79 Å². The number of amides is 3. The number of carbonyl (C=O) groups is 2. The zero-order chi connectivity index (χ0) is 16.8. The second-order valence-corrected chi connectivity index (χ2v) is 6.58. The number of hydrogen-bond donors (Lipinski definition) is 1. The van der Waals surface area contributed by atoms with Crippen LogP contribution in [-0.2, 0) is 11.2 Å². The molecule has 3 rings (SSSR count). The van der Waals surface area contributed by atoms with Gasteiger partial charge < -0.3 is 9.84 Å². The molecule has 23 heavy (non-hydrogen) atoms.